The first-order chi connectivity index (χ1) is 21.2. The molecule has 43 heavy (non-hydrogen) atoms. The third-order valence-electron chi connectivity index (χ3n) is 11.2. The molecule has 1 saturated heterocycles. The van der Waals surface area contributed by atoms with Crippen molar-refractivity contribution in [2.24, 2.45) is 11.3 Å². The SMILES string of the molecule is CC(=O)C1=C2/C=C\CCCCN2[C@@H]2C3=C[C@@H](c4nccc5c4[nH]c4ccccc45)[C@H]4CCN(CCCC/C=C\CC3)C[C@]142. The molecule has 3 aromatic rings. The van der Waals surface area contributed by atoms with Crippen molar-refractivity contribution in [3.05, 3.63) is 89.4 Å². The molecule has 0 amide bonds. The number of ketones is 1. The molecular weight excluding hydrogens is 528 g/mol. The molecule has 5 atom stereocenters. The van der Waals surface area contributed by atoms with Crippen LogP contribution in [0.1, 0.15) is 76.3 Å². The molecule has 222 valence electrons. The van der Waals surface area contributed by atoms with Crippen LogP contribution in [0.3, 0.4) is 0 Å². The molecule has 4 aliphatic heterocycles. The highest BCUT2D eigenvalue weighted by Crippen LogP contribution is 2.62. The number of benzene rings is 1. The maximum absolute atomic E-state index is 14.0. The van der Waals surface area contributed by atoms with E-state index in [0.717, 1.165) is 63.1 Å². The van der Waals surface area contributed by atoms with Crippen molar-refractivity contribution in [3.8, 4) is 0 Å². The fourth-order valence-corrected chi connectivity index (χ4v) is 9.59. The van der Waals surface area contributed by atoms with Gasteiger partial charge in [0.15, 0.2) is 5.78 Å². The molecule has 1 aromatic carbocycles. The average molecular weight is 573 g/mol. The number of hydrogen-bond donors (Lipinski definition) is 1. The normalized spacial score (nSPS) is 32.6. The number of fused-ring (bicyclic) bond motifs is 5. The number of aromatic amines is 1. The van der Waals surface area contributed by atoms with Gasteiger partial charge in [-0.25, -0.2) is 0 Å². The predicted molar refractivity (Wildman–Crippen MR) is 175 cm³/mol. The van der Waals surface area contributed by atoms with Crippen molar-refractivity contribution in [2.75, 3.05) is 26.2 Å². The summed E-state index contributed by atoms with van der Waals surface area (Å²) in [7, 11) is 0. The molecule has 5 nitrogen and oxygen atoms in total. The van der Waals surface area contributed by atoms with Gasteiger partial charge in [0.1, 0.15) is 0 Å². The summed E-state index contributed by atoms with van der Waals surface area (Å²) in [5.74, 6) is 0.736. The summed E-state index contributed by atoms with van der Waals surface area (Å²) in [5.41, 5.74) is 7.09. The van der Waals surface area contributed by atoms with E-state index in [-0.39, 0.29) is 23.2 Å². The van der Waals surface area contributed by atoms with Gasteiger partial charge in [0.2, 0.25) is 0 Å². The topological polar surface area (TPSA) is 52.2 Å². The number of Topliss-reactive ketones (excluding diaryl/α,β-unsaturated/α-hetero) is 1. The number of carbonyl (C=O) groups is 1. The summed E-state index contributed by atoms with van der Waals surface area (Å²) < 4.78 is 0. The van der Waals surface area contributed by atoms with Crippen LogP contribution in [0.5, 0.6) is 0 Å². The molecule has 1 aliphatic carbocycles. The molecule has 2 aromatic heterocycles. The molecule has 0 radical (unpaired) electrons. The monoisotopic (exact) mass is 572 g/mol. The third kappa shape index (κ3) is 4.29. The number of pyridine rings is 1. The molecule has 6 heterocycles. The first-order valence-electron chi connectivity index (χ1n) is 16.8. The van der Waals surface area contributed by atoms with Crippen LogP contribution in [-0.2, 0) is 4.79 Å². The van der Waals surface area contributed by atoms with Crippen molar-refractivity contribution in [3.63, 3.8) is 0 Å². The van der Waals surface area contributed by atoms with Gasteiger partial charge >= 0.3 is 0 Å². The van der Waals surface area contributed by atoms with Gasteiger partial charge in [-0.05, 0) is 108 Å². The van der Waals surface area contributed by atoms with Crippen LogP contribution in [0, 0.1) is 11.3 Å². The zero-order valence-corrected chi connectivity index (χ0v) is 25.5. The van der Waals surface area contributed by atoms with Gasteiger partial charge < -0.3 is 14.8 Å². The standard InChI is InChI=1S/C38H44N4O/c1-26(43)34-33-17-9-5-7-13-22-42(33)37-27-14-8-4-2-3-6-12-21-41-23-19-31(38(34,37)25-41)30(24-27)35-36-29(18-20-39-35)28-15-10-11-16-32(28)40-36/h2,4,9-11,15-18,20,24,30-31,37,40H,3,5-8,12-14,19,21-23,25H2,1H3/b4-2-,17-9-/t30-,31-,37-,38-/m1/s1. The van der Waals surface area contributed by atoms with Gasteiger partial charge in [0.25, 0.3) is 0 Å². The van der Waals surface area contributed by atoms with Gasteiger partial charge in [0.05, 0.1) is 17.3 Å². The van der Waals surface area contributed by atoms with Gasteiger partial charge in [-0.3, -0.25) is 9.78 Å². The number of aromatic nitrogens is 2. The van der Waals surface area contributed by atoms with Crippen molar-refractivity contribution >= 4 is 27.6 Å². The molecule has 1 N–H and O–H groups in total. The number of piperidine rings is 1. The number of H-pyrrole nitrogens is 1. The number of carbonyl (C=O) groups excluding carboxylic acids is 1. The summed E-state index contributed by atoms with van der Waals surface area (Å²) in [4.78, 5) is 28.4. The van der Waals surface area contributed by atoms with Crippen molar-refractivity contribution in [1.82, 2.24) is 19.8 Å². The van der Waals surface area contributed by atoms with Crippen LogP contribution in [0.25, 0.3) is 21.8 Å². The van der Waals surface area contributed by atoms with E-state index in [1.54, 1.807) is 0 Å². The number of nitrogens with one attached hydrogen (secondary N) is 1. The Labute approximate surface area is 255 Å². The molecule has 0 saturated carbocycles. The Morgan fingerprint density at radius 3 is 2.70 bits per heavy atom. The Morgan fingerprint density at radius 2 is 1.79 bits per heavy atom. The number of hydrogen-bond acceptors (Lipinski definition) is 4. The molecule has 1 spiro atoms. The number of nitrogens with zero attached hydrogens (tertiary/aromatic N) is 3. The van der Waals surface area contributed by atoms with E-state index in [9.17, 15) is 4.79 Å². The molecule has 5 heteroatoms. The molecule has 8 rings (SSSR count). The minimum atomic E-state index is -0.240. The number of allylic oxidation sites excluding steroid dienone is 5. The van der Waals surface area contributed by atoms with E-state index in [4.69, 9.17) is 4.98 Å². The molecule has 3 bridgehead atoms. The lowest BCUT2D eigenvalue weighted by Crippen LogP contribution is -2.61. The Bertz CT molecular complexity index is 1690. The minimum Gasteiger partial charge on any atom is -0.364 e. The smallest absolute Gasteiger partial charge is 0.158 e. The Morgan fingerprint density at radius 1 is 0.953 bits per heavy atom. The first-order valence-corrected chi connectivity index (χ1v) is 16.8. The lowest BCUT2D eigenvalue weighted by molar-refractivity contribution is -0.116. The minimum absolute atomic E-state index is 0.156. The highest BCUT2D eigenvalue weighted by molar-refractivity contribution is 6.08. The van der Waals surface area contributed by atoms with E-state index < -0.39 is 0 Å². The molecule has 1 fully saturated rings. The van der Waals surface area contributed by atoms with Crippen molar-refractivity contribution in [2.45, 2.75) is 76.7 Å². The van der Waals surface area contributed by atoms with E-state index in [1.807, 2.05) is 13.1 Å². The second kappa shape index (κ2) is 10.9. The number of rotatable bonds is 2. The number of para-hydroxylation sites is 1. The highest BCUT2D eigenvalue weighted by atomic mass is 16.1. The van der Waals surface area contributed by atoms with Crippen LogP contribution in [0.2, 0.25) is 0 Å². The van der Waals surface area contributed by atoms with E-state index in [0.29, 0.717) is 5.92 Å². The Hall–Kier alpha value is -3.44. The molecular formula is C38H44N4O. The zero-order valence-electron chi connectivity index (χ0n) is 25.5. The van der Waals surface area contributed by atoms with Crippen LogP contribution in [-0.4, -0.2) is 57.8 Å². The highest BCUT2D eigenvalue weighted by Gasteiger charge is 2.63. The maximum Gasteiger partial charge on any atom is 0.158 e. The van der Waals surface area contributed by atoms with Gasteiger partial charge in [-0.1, -0.05) is 42.5 Å². The van der Waals surface area contributed by atoms with Gasteiger partial charge in [0, 0.05) is 58.2 Å². The zero-order chi connectivity index (χ0) is 29.0. The second-order valence-electron chi connectivity index (χ2n) is 13.6. The van der Waals surface area contributed by atoms with Crippen LogP contribution in [0.15, 0.2) is 83.8 Å². The first kappa shape index (κ1) is 27.1. The van der Waals surface area contributed by atoms with Crippen LogP contribution < -0.4 is 0 Å². The van der Waals surface area contributed by atoms with Crippen LogP contribution >= 0.6 is 0 Å². The summed E-state index contributed by atoms with van der Waals surface area (Å²) in [6.45, 7) is 6.05. The fourth-order valence-electron chi connectivity index (χ4n) is 9.59. The summed E-state index contributed by atoms with van der Waals surface area (Å²) in [6.07, 6.45) is 24.4. The second-order valence-corrected chi connectivity index (χ2v) is 13.6. The quantitative estimate of drug-likeness (QED) is 0.318. The van der Waals surface area contributed by atoms with Gasteiger partial charge in [-0.15, -0.1) is 0 Å². The molecule has 5 aliphatic rings. The summed E-state index contributed by atoms with van der Waals surface area (Å²) >= 11 is 0. The van der Waals surface area contributed by atoms with E-state index >= 15 is 0 Å². The van der Waals surface area contributed by atoms with Crippen molar-refractivity contribution in [1.29, 1.82) is 0 Å². The van der Waals surface area contributed by atoms with E-state index in [1.165, 1.54) is 65.2 Å². The van der Waals surface area contributed by atoms with E-state index in [2.05, 4.69) is 75.5 Å². The molecule has 1 unspecified atom stereocenters. The fraction of sp³-hybridized carbons (Fsp3) is 0.474. The lowest BCUT2D eigenvalue weighted by atomic mass is 9.53. The van der Waals surface area contributed by atoms with Crippen LogP contribution in [0.4, 0.5) is 0 Å². The summed E-state index contributed by atoms with van der Waals surface area (Å²) in [6, 6.07) is 11.0. The van der Waals surface area contributed by atoms with Crippen molar-refractivity contribution < 1.29 is 4.79 Å². The van der Waals surface area contributed by atoms with Gasteiger partial charge in [-0.2, -0.15) is 0 Å². The third-order valence-corrected chi connectivity index (χ3v) is 11.2. The Balaban J connectivity index is 1.39. The lowest BCUT2D eigenvalue weighted by Gasteiger charge is -2.56. The predicted octanol–water partition coefficient (Wildman–Crippen LogP) is 7.84. The maximum atomic E-state index is 14.0. The summed E-state index contributed by atoms with van der Waals surface area (Å²) in [5, 5.41) is 2.51. The Kier molecular flexibility index (Phi) is 6.89. The largest absolute Gasteiger partial charge is 0.364 e. The average Bonchev–Trinajstić information content (AvgIpc) is 3.50.